The number of pyridine rings is 3. The van der Waals surface area contributed by atoms with Gasteiger partial charge in [-0.25, -0.2) is 4.98 Å². The monoisotopic (exact) mass is 305 g/mol. The van der Waals surface area contributed by atoms with E-state index in [1.807, 2.05) is 24.4 Å². The number of hydrogen-bond acceptors (Lipinski definition) is 5. The lowest BCUT2D eigenvalue weighted by Gasteiger charge is -2.08. The Labute approximate surface area is 133 Å². The number of anilines is 2. The molecule has 3 aromatic heterocycles. The van der Waals surface area contributed by atoms with Gasteiger partial charge in [-0.15, -0.1) is 0 Å². The van der Waals surface area contributed by atoms with Crippen molar-refractivity contribution in [2.24, 2.45) is 0 Å². The average Bonchev–Trinajstić information content (AvgIpc) is 2.63. The summed E-state index contributed by atoms with van der Waals surface area (Å²) < 4.78 is 0. The molecule has 0 atom stereocenters. The van der Waals surface area contributed by atoms with Gasteiger partial charge in [-0.2, -0.15) is 0 Å². The van der Waals surface area contributed by atoms with E-state index in [1.165, 1.54) is 6.20 Å². The van der Waals surface area contributed by atoms with Gasteiger partial charge in [0.2, 0.25) is 0 Å². The molecule has 0 fully saturated rings. The quantitative estimate of drug-likeness (QED) is 0.757. The standard InChI is InChI=1S/C17H15N5O/c23-17(14-4-2-8-19-11-14)22-16-6-5-15(12-21-16)20-10-13-3-1-7-18-9-13/h1-9,11-12,20H,10H2,(H,21,22,23). The molecule has 3 rings (SSSR count). The van der Waals surface area contributed by atoms with Crippen LogP contribution < -0.4 is 10.6 Å². The SMILES string of the molecule is O=C(Nc1ccc(NCc2cccnc2)cn1)c1cccnc1. The summed E-state index contributed by atoms with van der Waals surface area (Å²) >= 11 is 0. The molecule has 0 spiro atoms. The lowest BCUT2D eigenvalue weighted by Crippen LogP contribution is -2.13. The summed E-state index contributed by atoms with van der Waals surface area (Å²) in [4.78, 5) is 24.2. The van der Waals surface area contributed by atoms with Crippen molar-refractivity contribution in [3.63, 3.8) is 0 Å². The number of aromatic nitrogens is 3. The molecule has 0 aliphatic heterocycles. The van der Waals surface area contributed by atoms with Gasteiger partial charge < -0.3 is 10.6 Å². The van der Waals surface area contributed by atoms with Crippen molar-refractivity contribution in [3.8, 4) is 0 Å². The van der Waals surface area contributed by atoms with E-state index >= 15 is 0 Å². The van der Waals surface area contributed by atoms with Crippen molar-refractivity contribution >= 4 is 17.4 Å². The first kappa shape index (κ1) is 14.6. The first-order valence-corrected chi connectivity index (χ1v) is 7.11. The second-order valence-electron chi connectivity index (χ2n) is 4.84. The van der Waals surface area contributed by atoms with Gasteiger partial charge in [-0.05, 0) is 35.9 Å². The second-order valence-corrected chi connectivity index (χ2v) is 4.84. The second kappa shape index (κ2) is 7.13. The lowest BCUT2D eigenvalue weighted by atomic mass is 10.2. The van der Waals surface area contributed by atoms with Crippen molar-refractivity contribution in [2.75, 3.05) is 10.6 Å². The summed E-state index contributed by atoms with van der Waals surface area (Å²) in [6.45, 7) is 0.664. The predicted octanol–water partition coefficient (Wildman–Crippen LogP) is 2.74. The number of hydrogen-bond donors (Lipinski definition) is 2. The zero-order chi connectivity index (χ0) is 15.9. The van der Waals surface area contributed by atoms with Crippen LogP contribution in [0.4, 0.5) is 11.5 Å². The zero-order valence-corrected chi connectivity index (χ0v) is 12.3. The molecule has 0 unspecified atom stereocenters. The van der Waals surface area contributed by atoms with Crippen LogP contribution in [0.5, 0.6) is 0 Å². The van der Waals surface area contributed by atoms with Crippen LogP contribution in [0.3, 0.4) is 0 Å². The third kappa shape index (κ3) is 4.10. The van der Waals surface area contributed by atoms with Gasteiger partial charge in [0.15, 0.2) is 0 Å². The fraction of sp³-hybridized carbons (Fsp3) is 0.0588. The van der Waals surface area contributed by atoms with Gasteiger partial charge in [-0.3, -0.25) is 14.8 Å². The maximum absolute atomic E-state index is 12.0. The van der Waals surface area contributed by atoms with Crippen molar-refractivity contribution in [2.45, 2.75) is 6.54 Å². The third-order valence-electron chi connectivity index (χ3n) is 3.15. The fourth-order valence-corrected chi connectivity index (χ4v) is 1.96. The normalized spacial score (nSPS) is 10.1. The number of carbonyl (C=O) groups is 1. The van der Waals surface area contributed by atoms with Crippen LogP contribution >= 0.6 is 0 Å². The Balaban J connectivity index is 1.58. The topological polar surface area (TPSA) is 79.8 Å². The van der Waals surface area contributed by atoms with Crippen molar-refractivity contribution in [3.05, 3.63) is 78.5 Å². The number of carbonyl (C=O) groups excluding carboxylic acids is 1. The van der Waals surface area contributed by atoms with E-state index < -0.39 is 0 Å². The van der Waals surface area contributed by atoms with Crippen LogP contribution in [0.15, 0.2) is 67.4 Å². The van der Waals surface area contributed by atoms with Crippen LogP contribution in [0, 0.1) is 0 Å². The number of rotatable bonds is 5. The molecule has 0 aliphatic rings. The maximum Gasteiger partial charge on any atom is 0.258 e. The summed E-state index contributed by atoms with van der Waals surface area (Å²) in [5.41, 5.74) is 2.45. The first-order valence-electron chi connectivity index (χ1n) is 7.11. The Morgan fingerprint density at radius 1 is 0.957 bits per heavy atom. The fourth-order valence-electron chi connectivity index (χ4n) is 1.96. The highest BCUT2D eigenvalue weighted by molar-refractivity contribution is 6.03. The number of nitrogens with one attached hydrogen (secondary N) is 2. The molecule has 6 heteroatoms. The van der Waals surface area contributed by atoms with Crippen molar-refractivity contribution < 1.29 is 4.79 Å². The van der Waals surface area contributed by atoms with Gasteiger partial charge in [-0.1, -0.05) is 6.07 Å². The largest absolute Gasteiger partial charge is 0.380 e. The highest BCUT2D eigenvalue weighted by atomic mass is 16.1. The molecular formula is C17H15N5O. The third-order valence-corrected chi connectivity index (χ3v) is 3.15. The summed E-state index contributed by atoms with van der Waals surface area (Å²) in [7, 11) is 0. The molecule has 3 heterocycles. The van der Waals surface area contributed by atoms with Crippen LogP contribution in [0.1, 0.15) is 15.9 Å². The van der Waals surface area contributed by atoms with E-state index in [0.717, 1.165) is 11.3 Å². The molecule has 0 bridgehead atoms. The van der Waals surface area contributed by atoms with Crippen LogP contribution in [0.25, 0.3) is 0 Å². The highest BCUT2D eigenvalue weighted by Gasteiger charge is 2.06. The highest BCUT2D eigenvalue weighted by Crippen LogP contribution is 2.12. The molecule has 114 valence electrons. The van der Waals surface area contributed by atoms with E-state index in [-0.39, 0.29) is 5.91 Å². The van der Waals surface area contributed by atoms with E-state index in [9.17, 15) is 4.79 Å². The minimum Gasteiger partial charge on any atom is -0.380 e. The lowest BCUT2D eigenvalue weighted by molar-refractivity contribution is 0.102. The zero-order valence-electron chi connectivity index (χ0n) is 12.3. The molecule has 0 radical (unpaired) electrons. The molecular weight excluding hydrogens is 290 g/mol. The van der Waals surface area contributed by atoms with E-state index in [1.54, 1.807) is 36.8 Å². The molecule has 0 saturated carbocycles. The molecule has 6 nitrogen and oxygen atoms in total. The molecule has 0 aliphatic carbocycles. The Bertz CT molecular complexity index is 760. The Hall–Kier alpha value is -3.28. The average molecular weight is 305 g/mol. The minimum absolute atomic E-state index is 0.235. The molecule has 23 heavy (non-hydrogen) atoms. The molecule has 2 N–H and O–H groups in total. The smallest absolute Gasteiger partial charge is 0.258 e. The van der Waals surface area contributed by atoms with E-state index in [2.05, 4.69) is 25.6 Å². The summed E-state index contributed by atoms with van der Waals surface area (Å²) in [5, 5.41) is 5.98. The van der Waals surface area contributed by atoms with Gasteiger partial charge in [0, 0.05) is 31.3 Å². The van der Waals surface area contributed by atoms with Gasteiger partial charge in [0.25, 0.3) is 5.91 Å². The summed E-state index contributed by atoms with van der Waals surface area (Å²) in [6, 6.07) is 10.9. The summed E-state index contributed by atoms with van der Waals surface area (Å²) in [6.07, 6.45) is 8.36. The Morgan fingerprint density at radius 3 is 2.43 bits per heavy atom. The number of amides is 1. The van der Waals surface area contributed by atoms with Gasteiger partial charge in [0.05, 0.1) is 17.4 Å². The Morgan fingerprint density at radius 2 is 1.78 bits per heavy atom. The molecule has 0 saturated heterocycles. The Kier molecular flexibility index (Phi) is 4.54. The van der Waals surface area contributed by atoms with Gasteiger partial charge >= 0.3 is 0 Å². The number of nitrogens with zero attached hydrogens (tertiary/aromatic N) is 3. The van der Waals surface area contributed by atoms with Crippen molar-refractivity contribution in [1.82, 2.24) is 15.0 Å². The van der Waals surface area contributed by atoms with E-state index in [4.69, 9.17) is 0 Å². The molecule has 1 amide bonds. The first-order chi connectivity index (χ1) is 11.3. The maximum atomic E-state index is 12.0. The van der Waals surface area contributed by atoms with Crippen LogP contribution in [-0.2, 0) is 6.54 Å². The molecule has 3 aromatic rings. The van der Waals surface area contributed by atoms with Crippen molar-refractivity contribution in [1.29, 1.82) is 0 Å². The van der Waals surface area contributed by atoms with E-state index in [0.29, 0.717) is 17.9 Å². The van der Waals surface area contributed by atoms with Crippen LogP contribution in [-0.4, -0.2) is 20.9 Å². The minimum atomic E-state index is -0.235. The van der Waals surface area contributed by atoms with Gasteiger partial charge in [0.1, 0.15) is 5.82 Å². The molecule has 0 aromatic carbocycles. The van der Waals surface area contributed by atoms with Crippen LogP contribution in [0.2, 0.25) is 0 Å². The predicted molar refractivity (Wildman–Crippen MR) is 88.0 cm³/mol. The summed E-state index contributed by atoms with van der Waals surface area (Å²) in [5.74, 6) is 0.257.